The number of nitrogens with zero attached hydrogens (tertiary/aromatic N) is 4. The lowest BCUT2D eigenvalue weighted by Gasteiger charge is -2.10. The Labute approximate surface area is 198 Å². The van der Waals surface area contributed by atoms with Crippen LogP contribution in [0.4, 0.5) is 5.00 Å². The van der Waals surface area contributed by atoms with E-state index in [2.05, 4.69) is 20.5 Å². The number of anilines is 1. The molecular weight excluding hydrogens is 464 g/mol. The highest BCUT2D eigenvalue weighted by Gasteiger charge is 2.26. The summed E-state index contributed by atoms with van der Waals surface area (Å²) in [4.78, 5) is 41.3. The molecule has 33 heavy (non-hydrogen) atoms. The molecule has 0 unspecified atom stereocenters. The number of thiophene rings is 1. The lowest BCUT2D eigenvalue weighted by Crippen LogP contribution is -2.18. The number of esters is 1. The third kappa shape index (κ3) is 5.57. The average Bonchev–Trinajstić information content (AvgIpc) is 3.32. The molecule has 174 valence electrons. The smallest absolute Gasteiger partial charge is 0.341 e. The molecule has 0 atom stereocenters. The molecule has 0 aromatic carbocycles. The normalized spacial score (nSPS) is 10.9. The number of pyridine rings is 1. The Morgan fingerprint density at radius 3 is 2.67 bits per heavy atom. The summed E-state index contributed by atoms with van der Waals surface area (Å²) in [5.41, 5.74) is 6.77. The number of ether oxygens (including phenoxy) is 1. The van der Waals surface area contributed by atoms with Crippen LogP contribution in [-0.4, -0.2) is 49.4 Å². The standard InChI is InChI=1S/C21H24N6O4S2/c1-5-27-18(13-7-6-8-23-9-13)25-26-21(27)32-10-14(28)24-19-15(20(30)31-11(2)3)12(4)16(33-19)17(22)29/h6-9,11H,5,10H2,1-4H3,(H2,22,29)(H,24,28). The van der Waals surface area contributed by atoms with Crippen LogP contribution < -0.4 is 11.1 Å². The Balaban J connectivity index is 1.77. The molecule has 0 fully saturated rings. The van der Waals surface area contributed by atoms with Gasteiger partial charge in [-0.1, -0.05) is 11.8 Å². The fourth-order valence-corrected chi connectivity index (χ4v) is 4.90. The molecular formula is C21H24N6O4S2. The number of nitrogens with one attached hydrogen (secondary N) is 1. The molecule has 3 aromatic rings. The van der Waals surface area contributed by atoms with Gasteiger partial charge < -0.3 is 20.4 Å². The molecule has 3 rings (SSSR count). The molecule has 2 amide bonds. The zero-order chi connectivity index (χ0) is 24.1. The second-order valence-electron chi connectivity index (χ2n) is 7.21. The van der Waals surface area contributed by atoms with Gasteiger partial charge in [0.25, 0.3) is 5.91 Å². The number of thioether (sulfide) groups is 1. The number of carbonyl (C=O) groups excluding carboxylic acids is 3. The van der Waals surface area contributed by atoms with Crippen molar-refractivity contribution in [2.45, 2.75) is 45.5 Å². The van der Waals surface area contributed by atoms with Gasteiger partial charge in [-0.05, 0) is 45.4 Å². The van der Waals surface area contributed by atoms with E-state index in [1.54, 1.807) is 33.2 Å². The van der Waals surface area contributed by atoms with Gasteiger partial charge in [0.1, 0.15) is 5.00 Å². The maximum absolute atomic E-state index is 12.7. The van der Waals surface area contributed by atoms with E-state index in [1.807, 2.05) is 23.6 Å². The summed E-state index contributed by atoms with van der Waals surface area (Å²) < 4.78 is 7.16. The van der Waals surface area contributed by atoms with Crippen molar-refractivity contribution >= 4 is 45.9 Å². The van der Waals surface area contributed by atoms with Gasteiger partial charge in [0.2, 0.25) is 5.91 Å². The van der Waals surface area contributed by atoms with Gasteiger partial charge in [0.15, 0.2) is 11.0 Å². The molecule has 3 N–H and O–H groups in total. The summed E-state index contributed by atoms with van der Waals surface area (Å²) in [6.07, 6.45) is 3.02. The molecule has 0 radical (unpaired) electrons. The highest BCUT2D eigenvalue weighted by atomic mass is 32.2. The Bertz CT molecular complexity index is 1170. The minimum Gasteiger partial charge on any atom is -0.459 e. The van der Waals surface area contributed by atoms with Crippen LogP contribution in [-0.2, 0) is 16.1 Å². The van der Waals surface area contributed by atoms with Crippen molar-refractivity contribution < 1.29 is 19.1 Å². The highest BCUT2D eigenvalue weighted by molar-refractivity contribution is 7.99. The van der Waals surface area contributed by atoms with Gasteiger partial charge in [-0.2, -0.15) is 0 Å². The van der Waals surface area contributed by atoms with Crippen molar-refractivity contribution in [2.75, 3.05) is 11.1 Å². The fraction of sp³-hybridized carbons (Fsp3) is 0.333. The topological polar surface area (TPSA) is 142 Å². The second-order valence-corrected chi connectivity index (χ2v) is 9.17. The van der Waals surface area contributed by atoms with Crippen LogP contribution in [0, 0.1) is 6.92 Å². The summed E-state index contributed by atoms with van der Waals surface area (Å²) >= 11 is 2.16. The van der Waals surface area contributed by atoms with Crippen molar-refractivity contribution in [1.82, 2.24) is 19.7 Å². The molecule has 12 heteroatoms. The Morgan fingerprint density at radius 1 is 1.30 bits per heavy atom. The molecule has 10 nitrogen and oxygen atoms in total. The van der Waals surface area contributed by atoms with E-state index in [4.69, 9.17) is 10.5 Å². The fourth-order valence-electron chi connectivity index (χ4n) is 3.04. The monoisotopic (exact) mass is 488 g/mol. The van der Waals surface area contributed by atoms with E-state index in [0.717, 1.165) is 16.9 Å². The van der Waals surface area contributed by atoms with E-state index in [-0.39, 0.29) is 33.2 Å². The van der Waals surface area contributed by atoms with E-state index >= 15 is 0 Å². The predicted molar refractivity (Wildman–Crippen MR) is 126 cm³/mol. The molecule has 0 saturated carbocycles. The van der Waals surface area contributed by atoms with Crippen LogP contribution >= 0.6 is 23.1 Å². The minimum atomic E-state index is -0.676. The number of rotatable bonds is 9. The van der Waals surface area contributed by atoms with Gasteiger partial charge in [0.05, 0.1) is 22.3 Å². The number of carbonyl (C=O) groups is 3. The Morgan fingerprint density at radius 2 is 2.06 bits per heavy atom. The van der Waals surface area contributed by atoms with Crippen molar-refractivity contribution in [3.05, 3.63) is 40.5 Å². The van der Waals surface area contributed by atoms with Crippen LogP contribution in [0.15, 0.2) is 29.7 Å². The highest BCUT2D eigenvalue weighted by Crippen LogP contribution is 2.34. The minimum absolute atomic E-state index is 0.0205. The van der Waals surface area contributed by atoms with E-state index in [9.17, 15) is 14.4 Å². The van der Waals surface area contributed by atoms with Crippen molar-refractivity contribution in [1.29, 1.82) is 0 Å². The largest absolute Gasteiger partial charge is 0.459 e. The molecule has 0 aliphatic heterocycles. The van der Waals surface area contributed by atoms with Gasteiger partial charge >= 0.3 is 5.97 Å². The van der Waals surface area contributed by atoms with Crippen LogP contribution in [0.25, 0.3) is 11.4 Å². The van der Waals surface area contributed by atoms with Crippen LogP contribution in [0.2, 0.25) is 0 Å². The molecule has 3 aromatic heterocycles. The molecule has 0 spiro atoms. The van der Waals surface area contributed by atoms with Crippen LogP contribution in [0.5, 0.6) is 0 Å². The van der Waals surface area contributed by atoms with Crippen molar-refractivity contribution in [3.63, 3.8) is 0 Å². The number of nitrogens with two attached hydrogens (primary N) is 1. The summed E-state index contributed by atoms with van der Waals surface area (Å²) in [5.74, 6) is -0.991. The van der Waals surface area contributed by atoms with Gasteiger partial charge in [-0.3, -0.25) is 14.6 Å². The van der Waals surface area contributed by atoms with E-state index in [1.165, 1.54) is 11.8 Å². The first-order chi connectivity index (χ1) is 15.7. The Hall–Kier alpha value is -3.25. The zero-order valence-electron chi connectivity index (χ0n) is 18.6. The van der Waals surface area contributed by atoms with Crippen molar-refractivity contribution in [2.24, 2.45) is 5.73 Å². The lowest BCUT2D eigenvalue weighted by molar-refractivity contribution is -0.113. The second kappa shape index (κ2) is 10.6. The first kappa shape index (κ1) is 24.4. The average molecular weight is 489 g/mol. The van der Waals surface area contributed by atoms with Crippen molar-refractivity contribution in [3.8, 4) is 11.4 Å². The van der Waals surface area contributed by atoms with Crippen LogP contribution in [0.3, 0.4) is 0 Å². The number of amides is 2. The van der Waals surface area contributed by atoms with E-state index < -0.39 is 11.9 Å². The number of primary amides is 1. The maximum atomic E-state index is 12.7. The van der Waals surface area contributed by atoms with Gasteiger partial charge in [-0.15, -0.1) is 21.5 Å². The summed E-state index contributed by atoms with van der Waals surface area (Å²) in [6, 6.07) is 3.70. The first-order valence-electron chi connectivity index (χ1n) is 10.1. The third-order valence-corrected chi connectivity index (χ3v) is 6.64. The SMILES string of the molecule is CCn1c(SCC(=O)Nc2sc(C(N)=O)c(C)c2C(=O)OC(C)C)nnc1-c1cccnc1. The van der Waals surface area contributed by atoms with Crippen LogP contribution in [0.1, 0.15) is 46.4 Å². The van der Waals surface area contributed by atoms with E-state index in [0.29, 0.717) is 23.1 Å². The summed E-state index contributed by atoms with van der Waals surface area (Å²) in [7, 11) is 0. The molecule has 3 heterocycles. The molecule has 0 aliphatic rings. The number of hydrogen-bond donors (Lipinski definition) is 2. The quantitative estimate of drug-likeness (QED) is 0.345. The van der Waals surface area contributed by atoms with Gasteiger partial charge in [0, 0.05) is 24.5 Å². The van der Waals surface area contributed by atoms with Gasteiger partial charge in [-0.25, -0.2) is 4.79 Å². The molecule has 0 bridgehead atoms. The summed E-state index contributed by atoms with van der Waals surface area (Å²) in [6.45, 7) is 7.60. The molecule has 0 saturated heterocycles. The lowest BCUT2D eigenvalue weighted by atomic mass is 10.1. The maximum Gasteiger partial charge on any atom is 0.341 e. The summed E-state index contributed by atoms with van der Waals surface area (Å²) in [5, 5.41) is 11.9. The Kier molecular flexibility index (Phi) is 7.82. The number of aromatic nitrogens is 4. The zero-order valence-corrected chi connectivity index (χ0v) is 20.2. The molecule has 0 aliphatic carbocycles. The predicted octanol–water partition coefficient (Wildman–Crippen LogP) is 3.12. The number of hydrogen-bond acceptors (Lipinski definition) is 9. The third-order valence-electron chi connectivity index (χ3n) is 4.46. The first-order valence-corrected chi connectivity index (χ1v) is 11.9.